The molecule has 0 bridgehead atoms. The first-order chi connectivity index (χ1) is 7.50. The lowest BCUT2D eigenvalue weighted by Crippen LogP contribution is -1.91. The average molecular weight is 282 g/mol. The van der Waals surface area contributed by atoms with Crippen LogP contribution in [0.2, 0.25) is 0 Å². The molecule has 0 fully saturated rings. The lowest BCUT2D eigenvalue weighted by molar-refractivity contribution is -0.385. The Balaban J connectivity index is 2.88. The Labute approximate surface area is 99.8 Å². The first-order valence-corrected chi connectivity index (χ1v) is 5.36. The minimum atomic E-state index is -0.581. The van der Waals surface area contributed by atoms with Gasteiger partial charge in [-0.05, 0) is 29.8 Å². The second-order valence-electron chi connectivity index (χ2n) is 3.49. The molecule has 0 heterocycles. The van der Waals surface area contributed by atoms with E-state index in [9.17, 15) is 15.2 Å². The summed E-state index contributed by atoms with van der Waals surface area (Å²) in [5.41, 5.74) is 0.264. The lowest BCUT2D eigenvalue weighted by Gasteiger charge is -2.05. The van der Waals surface area contributed by atoms with E-state index in [-0.39, 0.29) is 11.4 Å². The summed E-state index contributed by atoms with van der Waals surface area (Å²) in [6.07, 6.45) is 0. The van der Waals surface area contributed by atoms with Crippen molar-refractivity contribution in [2.24, 2.45) is 0 Å². The van der Waals surface area contributed by atoms with Crippen molar-refractivity contribution in [1.82, 2.24) is 0 Å². The van der Waals surface area contributed by atoms with Gasteiger partial charge in [0.2, 0.25) is 0 Å². The molecule has 2 aromatic carbocycles. The van der Waals surface area contributed by atoms with Crippen LogP contribution in [0.3, 0.4) is 0 Å². The summed E-state index contributed by atoms with van der Waals surface area (Å²) in [4.78, 5) is 10.2. The van der Waals surface area contributed by atoms with Crippen molar-refractivity contribution in [2.45, 2.75) is 6.92 Å². The number of benzene rings is 2. The fraction of sp³-hybridized carbons (Fsp3) is 0.0909. The first-order valence-electron chi connectivity index (χ1n) is 4.57. The van der Waals surface area contributed by atoms with E-state index in [1.807, 2.05) is 12.1 Å². The number of nitro benzene ring substituents is 1. The number of halogens is 1. The highest BCUT2D eigenvalue weighted by atomic mass is 79.9. The van der Waals surface area contributed by atoms with E-state index in [0.29, 0.717) is 5.56 Å². The largest absolute Gasteiger partial charge is 0.502 e. The summed E-state index contributed by atoms with van der Waals surface area (Å²) in [7, 11) is 0. The van der Waals surface area contributed by atoms with Crippen molar-refractivity contribution in [2.75, 3.05) is 0 Å². The number of hydrogen-bond acceptors (Lipinski definition) is 3. The van der Waals surface area contributed by atoms with Gasteiger partial charge >= 0.3 is 5.69 Å². The summed E-state index contributed by atoms with van der Waals surface area (Å²) in [6.45, 7) is 1.67. The molecule has 0 aliphatic heterocycles. The maximum Gasteiger partial charge on any atom is 0.311 e. The third-order valence-corrected chi connectivity index (χ3v) is 3.00. The van der Waals surface area contributed by atoms with Gasteiger partial charge < -0.3 is 5.11 Å². The maximum atomic E-state index is 10.7. The summed E-state index contributed by atoms with van der Waals surface area (Å²) in [5.74, 6) is -0.264. The van der Waals surface area contributed by atoms with Crippen LogP contribution in [0.25, 0.3) is 10.8 Å². The van der Waals surface area contributed by atoms with Crippen molar-refractivity contribution in [1.29, 1.82) is 0 Å². The van der Waals surface area contributed by atoms with Crippen LogP contribution in [0.1, 0.15) is 5.56 Å². The number of rotatable bonds is 1. The number of nitro groups is 1. The molecular formula is C11H8BrNO3. The molecule has 0 amide bonds. The van der Waals surface area contributed by atoms with Gasteiger partial charge in [0.05, 0.1) is 4.92 Å². The molecule has 2 rings (SSSR count). The summed E-state index contributed by atoms with van der Waals surface area (Å²) in [6, 6.07) is 6.82. The highest BCUT2D eigenvalue weighted by molar-refractivity contribution is 9.10. The summed E-state index contributed by atoms with van der Waals surface area (Å²) < 4.78 is 0.847. The van der Waals surface area contributed by atoms with E-state index in [1.54, 1.807) is 13.0 Å². The Hall–Kier alpha value is -1.62. The number of fused-ring (bicyclic) bond motifs is 1. The molecule has 4 nitrogen and oxygen atoms in total. The number of aromatic hydroxyl groups is 1. The van der Waals surface area contributed by atoms with Gasteiger partial charge in [-0.1, -0.05) is 22.0 Å². The van der Waals surface area contributed by atoms with E-state index in [2.05, 4.69) is 15.9 Å². The summed E-state index contributed by atoms with van der Waals surface area (Å²) in [5, 5.41) is 22.0. The molecule has 16 heavy (non-hydrogen) atoms. The van der Waals surface area contributed by atoms with Crippen LogP contribution < -0.4 is 0 Å². The quantitative estimate of drug-likeness (QED) is 0.643. The van der Waals surface area contributed by atoms with E-state index in [1.165, 1.54) is 6.07 Å². The van der Waals surface area contributed by atoms with Crippen LogP contribution >= 0.6 is 15.9 Å². The Morgan fingerprint density at radius 1 is 1.38 bits per heavy atom. The molecular weight excluding hydrogens is 274 g/mol. The van der Waals surface area contributed by atoms with Crippen LogP contribution in [0.5, 0.6) is 5.75 Å². The number of phenolic OH excluding ortho intramolecular Hbond substituents is 1. The minimum Gasteiger partial charge on any atom is -0.502 e. The highest BCUT2D eigenvalue weighted by Gasteiger charge is 2.17. The second-order valence-corrected chi connectivity index (χ2v) is 4.41. The zero-order valence-electron chi connectivity index (χ0n) is 8.40. The van der Waals surface area contributed by atoms with Crippen molar-refractivity contribution >= 4 is 32.4 Å². The van der Waals surface area contributed by atoms with Crippen LogP contribution in [-0.4, -0.2) is 10.0 Å². The van der Waals surface area contributed by atoms with Crippen LogP contribution in [0.4, 0.5) is 5.69 Å². The van der Waals surface area contributed by atoms with Crippen LogP contribution in [-0.2, 0) is 0 Å². The standard InChI is InChI=1S/C11H8BrNO3/c1-6-9-3-2-8(12)4-7(9)5-10(11(6)14)13(15)16/h2-5,14H,1H3. The molecule has 5 heteroatoms. The molecule has 1 N–H and O–H groups in total. The van der Waals surface area contributed by atoms with E-state index in [4.69, 9.17) is 0 Å². The molecule has 0 saturated heterocycles. The fourth-order valence-electron chi connectivity index (χ4n) is 1.67. The van der Waals surface area contributed by atoms with E-state index >= 15 is 0 Å². The number of nitrogens with zero attached hydrogens (tertiary/aromatic N) is 1. The Morgan fingerprint density at radius 3 is 2.69 bits per heavy atom. The third kappa shape index (κ3) is 1.63. The summed E-state index contributed by atoms with van der Waals surface area (Å²) >= 11 is 3.30. The molecule has 0 aliphatic rings. The monoisotopic (exact) mass is 281 g/mol. The number of hydrogen-bond donors (Lipinski definition) is 1. The molecule has 2 aromatic rings. The molecule has 0 unspecified atom stereocenters. The molecule has 0 aliphatic carbocycles. The zero-order valence-corrected chi connectivity index (χ0v) is 9.98. The van der Waals surface area contributed by atoms with Crippen molar-refractivity contribution < 1.29 is 10.0 Å². The van der Waals surface area contributed by atoms with Crippen LogP contribution in [0, 0.1) is 17.0 Å². The molecule has 82 valence electrons. The van der Waals surface area contributed by atoms with E-state index in [0.717, 1.165) is 15.2 Å². The van der Waals surface area contributed by atoms with Crippen molar-refractivity contribution in [3.63, 3.8) is 0 Å². The molecule has 0 aromatic heterocycles. The Morgan fingerprint density at radius 2 is 2.06 bits per heavy atom. The number of aryl methyl sites for hydroxylation is 1. The van der Waals surface area contributed by atoms with Crippen molar-refractivity contribution in [3.8, 4) is 5.75 Å². The van der Waals surface area contributed by atoms with Gasteiger partial charge in [0.15, 0.2) is 5.75 Å². The van der Waals surface area contributed by atoms with Gasteiger partial charge in [-0.2, -0.15) is 0 Å². The van der Waals surface area contributed by atoms with Gasteiger partial charge in [-0.3, -0.25) is 10.1 Å². The Kier molecular flexibility index (Phi) is 2.55. The molecule has 0 atom stereocenters. The maximum absolute atomic E-state index is 10.7. The van der Waals surface area contributed by atoms with Gasteiger partial charge in [-0.25, -0.2) is 0 Å². The van der Waals surface area contributed by atoms with Gasteiger partial charge in [-0.15, -0.1) is 0 Å². The Bertz CT molecular complexity index is 595. The predicted molar refractivity (Wildman–Crippen MR) is 64.7 cm³/mol. The average Bonchev–Trinajstić information content (AvgIpc) is 2.22. The van der Waals surface area contributed by atoms with Gasteiger partial charge in [0.1, 0.15) is 0 Å². The zero-order chi connectivity index (χ0) is 11.9. The minimum absolute atomic E-state index is 0.261. The topological polar surface area (TPSA) is 63.4 Å². The third-order valence-electron chi connectivity index (χ3n) is 2.50. The van der Waals surface area contributed by atoms with Gasteiger partial charge in [0.25, 0.3) is 0 Å². The normalized spacial score (nSPS) is 10.6. The SMILES string of the molecule is Cc1c(O)c([N+](=O)[O-])cc2cc(Br)ccc12. The molecule has 0 saturated carbocycles. The lowest BCUT2D eigenvalue weighted by atomic mass is 10.0. The van der Waals surface area contributed by atoms with E-state index < -0.39 is 4.92 Å². The van der Waals surface area contributed by atoms with Crippen LogP contribution in [0.15, 0.2) is 28.7 Å². The highest BCUT2D eigenvalue weighted by Crippen LogP contribution is 2.36. The van der Waals surface area contributed by atoms with Gasteiger partial charge in [0, 0.05) is 16.1 Å². The smallest absolute Gasteiger partial charge is 0.311 e. The second kappa shape index (κ2) is 3.75. The molecule has 0 radical (unpaired) electrons. The predicted octanol–water partition coefficient (Wildman–Crippen LogP) is 3.52. The first kappa shape index (κ1) is 10.9. The fourth-order valence-corrected chi connectivity index (χ4v) is 2.05. The number of phenols is 1. The van der Waals surface area contributed by atoms with Crippen molar-refractivity contribution in [3.05, 3.63) is 44.4 Å². The molecule has 0 spiro atoms.